The number of aromatic hydroxyl groups is 1. The van der Waals surface area contributed by atoms with E-state index in [2.05, 4.69) is 4.74 Å². The van der Waals surface area contributed by atoms with Crippen molar-refractivity contribution in [3.8, 4) is 22.6 Å². The second kappa shape index (κ2) is 7.32. The van der Waals surface area contributed by atoms with E-state index in [0.717, 1.165) is 31.7 Å². The molecule has 0 bridgehead atoms. The van der Waals surface area contributed by atoms with Crippen molar-refractivity contribution in [3.63, 3.8) is 0 Å². The normalized spacial score (nSPS) is 15.3. The smallest absolute Gasteiger partial charge is 0.504 e. The van der Waals surface area contributed by atoms with E-state index in [1.165, 1.54) is 12.1 Å². The maximum Gasteiger partial charge on any atom is 0.573 e. The zero-order chi connectivity index (χ0) is 19.8. The van der Waals surface area contributed by atoms with Crippen molar-refractivity contribution >= 4 is 0 Å². The topological polar surface area (TPSA) is 29.5 Å². The first-order chi connectivity index (χ1) is 12.7. The zero-order valence-electron chi connectivity index (χ0n) is 14.0. The molecule has 0 aromatic heterocycles. The highest BCUT2D eigenvalue weighted by Gasteiger charge is 2.33. The van der Waals surface area contributed by atoms with Gasteiger partial charge in [-0.1, -0.05) is 37.8 Å². The van der Waals surface area contributed by atoms with Crippen molar-refractivity contribution in [3.05, 3.63) is 47.3 Å². The fourth-order valence-electron chi connectivity index (χ4n) is 3.45. The fourth-order valence-corrected chi connectivity index (χ4v) is 3.45. The van der Waals surface area contributed by atoms with Gasteiger partial charge in [0.05, 0.1) is 0 Å². The number of ether oxygens (including phenoxy) is 1. The summed E-state index contributed by atoms with van der Waals surface area (Å²) in [6.45, 7) is 0. The molecule has 1 aliphatic carbocycles. The number of alkyl halides is 3. The molecular weight excluding hydrogens is 374 g/mol. The Morgan fingerprint density at radius 1 is 0.889 bits per heavy atom. The zero-order valence-corrected chi connectivity index (χ0v) is 14.0. The predicted octanol–water partition coefficient (Wildman–Crippen LogP) is 6.11. The Kier molecular flexibility index (Phi) is 5.26. The number of phenolic OH excluding ortho intramolecular Hbond substituents is 1. The SMILES string of the molecule is Oc1c(-c2ccc(OC(F)(F)F)c(F)c2F)ccc(CC2CCCC2)c1F. The van der Waals surface area contributed by atoms with Crippen molar-refractivity contribution in [1.29, 1.82) is 0 Å². The largest absolute Gasteiger partial charge is 0.573 e. The molecule has 2 aromatic carbocycles. The number of phenols is 1. The molecule has 3 rings (SSSR count). The molecule has 0 heterocycles. The lowest BCUT2D eigenvalue weighted by Crippen LogP contribution is -2.18. The molecule has 8 heteroatoms. The van der Waals surface area contributed by atoms with Gasteiger partial charge in [-0.2, -0.15) is 4.39 Å². The lowest BCUT2D eigenvalue weighted by Gasteiger charge is -2.15. The van der Waals surface area contributed by atoms with Crippen molar-refractivity contribution < 1.29 is 36.2 Å². The number of hydrogen-bond donors (Lipinski definition) is 1. The average molecular weight is 390 g/mol. The molecule has 146 valence electrons. The summed E-state index contributed by atoms with van der Waals surface area (Å²) < 4.78 is 82.6. The van der Waals surface area contributed by atoms with Gasteiger partial charge in [-0.15, -0.1) is 13.2 Å². The van der Waals surface area contributed by atoms with Crippen LogP contribution in [0.25, 0.3) is 11.1 Å². The monoisotopic (exact) mass is 390 g/mol. The van der Waals surface area contributed by atoms with Crippen LogP contribution in [0.4, 0.5) is 26.3 Å². The summed E-state index contributed by atoms with van der Waals surface area (Å²) in [6, 6.07) is 3.97. The molecule has 0 amide bonds. The quantitative estimate of drug-likeness (QED) is 0.639. The Balaban J connectivity index is 1.94. The van der Waals surface area contributed by atoms with Crippen molar-refractivity contribution in [2.45, 2.75) is 38.5 Å². The molecule has 0 spiro atoms. The third kappa shape index (κ3) is 4.14. The highest BCUT2D eigenvalue weighted by Crippen LogP contribution is 2.39. The molecule has 0 radical (unpaired) electrons. The first-order valence-electron chi connectivity index (χ1n) is 8.42. The predicted molar refractivity (Wildman–Crippen MR) is 85.8 cm³/mol. The Morgan fingerprint density at radius 3 is 2.15 bits per heavy atom. The fraction of sp³-hybridized carbons (Fsp3) is 0.368. The molecule has 2 nitrogen and oxygen atoms in total. The minimum Gasteiger partial charge on any atom is -0.504 e. The molecule has 2 aromatic rings. The molecule has 0 atom stereocenters. The number of hydrogen-bond acceptors (Lipinski definition) is 2. The second-order valence-corrected chi connectivity index (χ2v) is 6.58. The van der Waals surface area contributed by atoms with Crippen LogP contribution in [-0.2, 0) is 6.42 Å². The summed E-state index contributed by atoms with van der Waals surface area (Å²) in [6.07, 6.45) is -0.717. The van der Waals surface area contributed by atoms with Gasteiger partial charge in [0.25, 0.3) is 0 Å². The third-order valence-corrected chi connectivity index (χ3v) is 4.74. The average Bonchev–Trinajstić information content (AvgIpc) is 3.09. The Morgan fingerprint density at radius 2 is 1.52 bits per heavy atom. The van der Waals surface area contributed by atoms with Crippen molar-refractivity contribution in [2.75, 3.05) is 0 Å². The van der Waals surface area contributed by atoms with Crippen LogP contribution >= 0.6 is 0 Å². The van der Waals surface area contributed by atoms with E-state index in [1.807, 2.05) is 0 Å². The van der Waals surface area contributed by atoms with Crippen LogP contribution in [0.15, 0.2) is 24.3 Å². The van der Waals surface area contributed by atoms with Gasteiger partial charge in [0.1, 0.15) is 0 Å². The Labute approximate surface area is 151 Å². The molecule has 0 saturated heterocycles. The maximum atomic E-state index is 14.5. The second-order valence-electron chi connectivity index (χ2n) is 6.58. The first kappa shape index (κ1) is 19.4. The van der Waals surface area contributed by atoms with Crippen LogP contribution < -0.4 is 4.74 Å². The van der Waals surface area contributed by atoms with E-state index in [-0.39, 0.29) is 11.1 Å². The lowest BCUT2D eigenvalue weighted by atomic mass is 9.94. The summed E-state index contributed by atoms with van der Waals surface area (Å²) in [4.78, 5) is 0. The maximum absolute atomic E-state index is 14.5. The molecule has 1 aliphatic rings. The Bertz CT molecular complexity index is 841. The molecule has 1 saturated carbocycles. The van der Waals surface area contributed by atoms with Crippen LogP contribution in [0.3, 0.4) is 0 Å². The van der Waals surface area contributed by atoms with Gasteiger partial charge < -0.3 is 9.84 Å². The Hall–Kier alpha value is -2.38. The highest BCUT2D eigenvalue weighted by molar-refractivity contribution is 5.72. The molecule has 0 unspecified atom stereocenters. The number of rotatable bonds is 4. The lowest BCUT2D eigenvalue weighted by molar-refractivity contribution is -0.275. The summed E-state index contributed by atoms with van der Waals surface area (Å²) in [5.41, 5.74) is -0.649. The summed E-state index contributed by atoms with van der Waals surface area (Å²) in [5, 5.41) is 10.1. The van der Waals surface area contributed by atoms with E-state index >= 15 is 0 Å². The van der Waals surface area contributed by atoms with Crippen LogP contribution in [0.2, 0.25) is 0 Å². The van der Waals surface area contributed by atoms with Crippen LogP contribution in [0.5, 0.6) is 11.5 Å². The van der Waals surface area contributed by atoms with Gasteiger partial charge >= 0.3 is 6.36 Å². The van der Waals surface area contributed by atoms with Crippen LogP contribution in [-0.4, -0.2) is 11.5 Å². The summed E-state index contributed by atoms with van der Waals surface area (Å²) in [5.74, 6) is -6.39. The van der Waals surface area contributed by atoms with Gasteiger partial charge in [0.2, 0.25) is 5.82 Å². The minimum atomic E-state index is -5.19. The number of halogens is 6. The van der Waals surface area contributed by atoms with Gasteiger partial charge in [-0.25, -0.2) is 8.78 Å². The van der Waals surface area contributed by atoms with E-state index < -0.39 is 40.9 Å². The molecule has 0 aliphatic heterocycles. The van der Waals surface area contributed by atoms with Crippen LogP contribution in [0, 0.1) is 23.4 Å². The summed E-state index contributed by atoms with van der Waals surface area (Å²) in [7, 11) is 0. The molecule has 1 N–H and O–H groups in total. The standard InChI is InChI=1S/C19H16F6O2/c20-15-11(9-10-3-1-2-4-10)5-6-13(18(15)26)12-7-8-14(17(22)16(12)21)27-19(23,24)25/h5-8,10,26H,1-4,9H2. The highest BCUT2D eigenvalue weighted by atomic mass is 19.4. The summed E-state index contributed by atoms with van der Waals surface area (Å²) >= 11 is 0. The van der Waals surface area contributed by atoms with Gasteiger partial charge in [0.15, 0.2) is 23.1 Å². The first-order valence-corrected chi connectivity index (χ1v) is 8.42. The van der Waals surface area contributed by atoms with Crippen LogP contribution in [0.1, 0.15) is 31.2 Å². The molecule has 1 fully saturated rings. The van der Waals surface area contributed by atoms with E-state index in [9.17, 15) is 31.4 Å². The van der Waals surface area contributed by atoms with Gasteiger partial charge in [-0.05, 0) is 30.0 Å². The molecule has 27 heavy (non-hydrogen) atoms. The number of benzene rings is 2. The minimum absolute atomic E-state index is 0.265. The third-order valence-electron chi connectivity index (χ3n) is 4.74. The van der Waals surface area contributed by atoms with E-state index in [0.29, 0.717) is 18.4 Å². The van der Waals surface area contributed by atoms with E-state index in [4.69, 9.17) is 0 Å². The molecular formula is C19H16F6O2. The van der Waals surface area contributed by atoms with Gasteiger partial charge in [-0.3, -0.25) is 0 Å². The van der Waals surface area contributed by atoms with Gasteiger partial charge in [0, 0.05) is 11.1 Å². The van der Waals surface area contributed by atoms with Crippen molar-refractivity contribution in [2.24, 2.45) is 5.92 Å². The van der Waals surface area contributed by atoms with E-state index in [1.54, 1.807) is 0 Å². The van der Waals surface area contributed by atoms with Crippen molar-refractivity contribution in [1.82, 2.24) is 0 Å².